The molecule has 1 saturated heterocycles. The number of likely N-dealkylation sites (N-methyl/N-ethyl adjacent to an activating group) is 1. The molecule has 0 atom stereocenters. The number of piperazine rings is 1. The van der Waals surface area contributed by atoms with Crippen LogP contribution in [0.3, 0.4) is 0 Å². The van der Waals surface area contributed by atoms with Crippen molar-refractivity contribution in [1.29, 1.82) is 0 Å². The molecular formula is C30H34F2N6O3. The number of nitrogens with one attached hydrogen (secondary N) is 3. The lowest BCUT2D eigenvalue weighted by molar-refractivity contribution is 0.102. The van der Waals surface area contributed by atoms with E-state index in [0.717, 1.165) is 60.1 Å². The quantitative estimate of drug-likeness (QED) is 0.229. The summed E-state index contributed by atoms with van der Waals surface area (Å²) in [6, 6.07) is 14.7. The number of fused-ring (bicyclic) bond motifs is 1. The van der Waals surface area contributed by atoms with Crippen LogP contribution < -0.4 is 15.5 Å². The summed E-state index contributed by atoms with van der Waals surface area (Å²) in [4.78, 5) is 18.1. The van der Waals surface area contributed by atoms with Gasteiger partial charge in [-0.3, -0.25) is 9.89 Å². The Morgan fingerprint density at radius 1 is 0.976 bits per heavy atom. The highest BCUT2D eigenvalue weighted by atomic mass is 19.1. The second kappa shape index (κ2) is 13.1. The van der Waals surface area contributed by atoms with Crippen LogP contribution in [0.5, 0.6) is 0 Å². The van der Waals surface area contributed by atoms with E-state index in [-0.39, 0.29) is 19.1 Å². The van der Waals surface area contributed by atoms with Crippen molar-refractivity contribution in [3.05, 3.63) is 82.9 Å². The first-order valence-corrected chi connectivity index (χ1v) is 13.5. The van der Waals surface area contributed by atoms with Crippen LogP contribution in [0, 0.1) is 11.6 Å². The number of nitrogens with zero attached hydrogens (tertiary/aromatic N) is 3. The van der Waals surface area contributed by atoms with Gasteiger partial charge in [0, 0.05) is 62.7 Å². The highest BCUT2D eigenvalue weighted by Gasteiger charge is 2.19. The SMILES string of the molecule is COCCNc1cc(N2CCN(C)CC2)ccc1C(=O)Nc1n[nH]c2ccc(COCc3cc(F)cc(F)c3)cc12. The van der Waals surface area contributed by atoms with Gasteiger partial charge in [-0.05, 0) is 60.6 Å². The molecule has 2 heterocycles. The van der Waals surface area contributed by atoms with Crippen LogP contribution in [0.25, 0.3) is 10.9 Å². The molecule has 1 fully saturated rings. The molecule has 5 rings (SSSR count). The maximum Gasteiger partial charge on any atom is 0.258 e. The van der Waals surface area contributed by atoms with Crippen LogP contribution in [-0.4, -0.2) is 74.5 Å². The van der Waals surface area contributed by atoms with Crippen molar-refractivity contribution in [1.82, 2.24) is 15.1 Å². The molecule has 0 bridgehead atoms. The molecule has 1 aliphatic heterocycles. The van der Waals surface area contributed by atoms with Gasteiger partial charge in [-0.15, -0.1) is 0 Å². The first kappa shape index (κ1) is 28.5. The summed E-state index contributed by atoms with van der Waals surface area (Å²) >= 11 is 0. The average molecular weight is 565 g/mol. The van der Waals surface area contributed by atoms with Gasteiger partial charge in [0.25, 0.3) is 5.91 Å². The third kappa shape index (κ3) is 7.18. The summed E-state index contributed by atoms with van der Waals surface area (Å²) in [5.74, 6) is -1.19. The van der Waals surface area contributed by atoms with Crippen molar-refractivity contribution in [3.63, 3.8) is 0 Å². The van der Waals surface area contributed by atoms with E-state index < -0.39 is 11.6 Å². The zero-order chi connectivity index (χ0) is 28.8. The highest BCUT2D eigenvalue weighted by molar-refractivity contribution is 6.11. The van der Waals surface area contributed by atoms with Gasteiger partial charge in [0.05, 0.1) is 30.9 Å². The number of methoxy groups -OCH3 is 1. The molecule has 216 valence electrons. The number of carbonyl (C=O) groups is 1. The van der Waals surface area contributed by atoms with Crippen LogP contribution in [-0.2, 0) is 22.7 Å². The summed E-state index contributed by atoms with van der Waals surface area (Å²) in [6.07, 6.45) is 0. The molecule has 3 N–H and O–H groups in total. The summed E-state index contributed by atoms with van der Waals surface area (Å²) in [5, 5.41) is 14.3. The van der Waals surface area contributed by atoms with Crippen molar-refractivity contribution >= 4 is 34.0 Å². The fourth-order valence-electron chi connectivity index (χ4n) is 4.83. The second-order valence-corrected chi connectivity index (χ2v) is 10.1. The molecule has 0 saturated carbocycles. The second-order valence-electron chi connectivity index (χ2n) is 10.1. The van der Waals surface area contributed by atoms with Gasteiger partial charge in [0.1, 0.15) is 11.6 Å². The minimum atomic E-state index is -0.644. The molecule has 0 radical (unpaired) electrons. The minimum absolute atomic E-state index is 0.0602. The average Bonchev–Trinajstić information content (AvgIpc) is 3.35. The van der Waals surface area contributed by atoms with Crippen LogP contribution in [0.4, 0.5) is 26.0 Å². The Labute approximate surface area is 237 Å². The number of hydrogen-bond acceptors (Lipinski definition) is 7. The Balaban J connectivity index is 1.30. The van der Waals surface area contributed by atoms with E-state index in [0.29, 0.717) is 30.1 Å². The number of hydrogen-bond donors (Lipinski definition) is 3. The number of anilines is 3. The summed E-state index contributed by atoms with van der Waals surface area (Å²) < 4.78 is 37.8. The van der Waals surface area contributed by atoms with Gasteiger partial charge in [-0.2, -0.15) is 5.10 Å². The molecule has 3 aromatic carbocycles. The van der Waals surface area contributed by atoms with E-state index in [1.54, 1.807) is 7.11 Å². The third-order valence-electron chi connectivity index (χ3n) is 7.06. The Bertz CT molecular complexity index is 1480. The Hall–Kier alpha value is -4.06. The lowest BCUT2D eigenvalue weighted by Gasteiger charge is -2.34. The van der Waals surface area contributed by atoms with Gasteiger partial charge in [0.2, 0.25) is 0 Å². The summed E-state index contributed by atoms with van der Waals surface area (Å²) in [6.45, 7) is 5.14. The van der Waals surface area contributed by atoms with Gasteiger partial charge in [0.15, 0.2) is 5.82 Å². The van der Waals surface area contributed by atoms with Gasteiger partial charge in [-0.25, -0.2) is 8.78 Å². The van der Waals surface area contributed by atoms with E-state index in [2.05, 4.69) is 37.7 Å². The topological polar surface area (TPSA) is 94.8 Å². The number of ether oxygens (including phenoxy) is 2. The number of H-pyrrole nitrogens is 1. The zero-order valence-electron chi connectivity index (χ0n) is 23.2. The van der Waals surface area contributed by atoms with Gasteiger partial charge in [-0.1, -0.05) is 6.07 Å². The number of aromatic nitrogens is 2. The van der Waals surface area contributed by atoms with Crippen LogP contribution in [0.2, 0.25) is 0 Å². The van der Waals surface area contributed by atoms with Crippen LogP contribution in [0.1, 0.15) is 21.5 Å². The molecule has 9 nitrogen and oxygen atoms in total. The first-order chi connectivity index (χ1) is 19.9. The highest BCUT2D eigenvalue weighted by Crippen LogP contribution is 2.28. The van der Waals surface area contributed by atoms with E-state index in [1.807, 2.05) is 36.4 Å². The molecule has 4 aromatic rings. The Kier molecular flexibility index (Phi) is 9.07. The predicted octanol–water partition coefficient (Wildman–Crippen LogP) is 4.62. The smallest absolute Gasteiger partial charge is 0.258 e. The van der Waals surface area contributed by atoms with Crippen molar-refractivity contribution in [2.75, 3.05) is 69.0 Å². The molecule has 1 aromatic heterocycles. The van der Waals surface area contributed by atoms with E-state index in [9.17, 15) is 13.6 Å². The standard InChI is InChI=1S/C30H34F2N6O3/c1-37-8-10-38(11-9-37)24-4-5-25(28(17-24)33-7-12-40-2)30(39)34-29-26-15-20(3-6-27(26)35-36-29)18-41-19-21-13-22(31)16-23(32)14-21/h3-6,13-17,33H,7-12,18-19H2,1-2H3,(H2,34,35,36,39). The number of halogens is 2. The fourth-order valence-corrected chi connectivity index (χ4v) is 4.83. The normalized spacial score (nSPS) is 14.0. The molecular weight excluding hydrogens is 530 g/mol. The maximum atomic E-state index is 13.5. The molecule has 0 spiro atoms. The molecule has 1 aliphatic rings. The number of rotatable bonds is 11. The zero-order valence-corrected chi connectivity index (χ0v) is 23.2. The summed E-state index contributed by atoms with van der Waals surface area (Å²) in [5.41, 5.74) is 4.26. The van der Waals surface area contributed by atoms with Gasteiger partial charge < -0.3 is 29.9 Å². The number of aromatic amines is 1. The minimum Gasteiger partial charge on any atom is -0.383 e. The fraction of sp³-hybridized carbons (Fsp3) is 0.333. The number of amides is 1. The van der Waals surface area contributed by atoms with Crippen LogP contribution >= 0.6 is 0 Å². The monoisotopic (exact) mass is 564 g/mol. The Morgan fingerprint density at radius 3 is 2.49 bits per heavy atom. The lowest BCUT2D eigenvalue weighted by Crippen LogP contribution is -2.44. The molecule has 41 heavy (non-hydrogen) atoms. The largest absolute Gasteiger partial charge is 0.383 e. The van der Waals surface area contributed by atoms with Crippen molar-refractivity contribution in [2.45, 2.75) is 13.2 Å². The number of carbonyl (C=O) groups excluding carboxylic acids is 1. The third-order valence-corrected chi connectivity index (χ3v) is 7.06. The van der Waals surface area contributed by atoms with Gasteiger partial charge >= 0.3 is 0 Å². The van der Waals surface area contributed by atoms with E-state index >= 15 is 0 Å². The first-order valence-electron chi connectivity index (χ1n) is 13.5. The molecule has 11 heteroatoms. The maximum absolute atomic E-state index is 13.5. The van der Waals surface area contributed by atoms with Crippen molar-refractivity contribution in [3.8, 4) is 0 Å². The van der Waals surface area contributed by atoms with E-state index in [1.165, 1.54) is 12.1 Å². The van der Waals surface area contributed by atoms with Crippen LogP contribution in [0.15, 0.2) is 54.6 Å². The molecule has 1 amide bonds. The molecule has 0 unspecified atom stereocenters. The Morgan fingerprint density at radius 2 is 1.73 bits per heavy atom. The van der Waals surface area contributed by atoms with Crippen molar-refractivity contribution < 1.29 is 23.0 Å². The van der Waals surface area contributed by atoms with E-state index in [4.69, 9.17) is 9.47 Å². The van der Waals surface area contributed by atoms with Crippen molar-refractivity contribution in [2.24, 2.45) is 0 Å². The lowest BCUT2D eigenvalue weighted by atomic mass is 10.1. The predicted molar refractivity (Wildman–Crippen MR) is 155 cm³/mol. The molecule has 0 aliphatic carbocycles. The number of benzene rings is 3. The summed E-state index contributed by atoms with van der Waals surface area (Å²) in [7, 11) is 3.76.